The van der Waals surface area contributed by atoms with Crippen LogP contribution in [-0.2, 0) is 4.74 Å². The summed E-state index contributed by atoms with van der Waals surface area (Å²) >= 11 is 1.61. The summed E-state index contributed by atoms with van der Waals surface area (Å²) in [7, 11) is 0. The van der Waals surface area contributed by atoms with E-state index in [0.717, 1.165) is 26.0 Å². The third-order valence-electron chi connectivity index (χ3n) is 6.35. The fraction of sp³-hybridized carbons (Fsp3) is 0.333. The quantitative estimate of drug-likeness (QED) is 0.350. The zero-order valence-electron chi connectivity index (χ0n) is 18.8. The Morgan fingerprint density at radius 1 is 1.24 bits per heavy atom. The molecule has 34 heavy (non-hydrogen) atoms. The van der Waals surface area contributed by atoms with E-state index < -0.39 is 0 Å². The standard InChI is InChI=1S/C24H25FN6O2S/c1-12-9-31(10-13(2)33-12)24(32)14-3-4-16-20(6-14)34-23-21(16)22(26-11-27-23)29-19-5-15-8-28-30-18(15)7-17(19)25/h3-8,12-13,22,26-27,29H,9-11H2,1-2H3,(H,28,30)/t12-,13+,22?. The number of thiophene rings is 1. The minimum atomic E-state index is -0.347. The third-order valence-corrected chi connectivity index (χ3v) is 7.48. The maximum atomic E-state index is 14.7. The first kappa shape index (κ1) is 21.3. The van der Waals surface area contributed by atoms with E-state index >= 15 is 0 Å². The van der Waals surface area contributed by atoms with E-state index in [0.29, 0.717) is 36.5 Å². The van der Waals surface area contributed by atoms with Crippen LogP contribution in [0.1, 0.15) is 35.9 Å². The first-order valence-electron chi connectivity index (χ1n) is 11.3. The van der Waals surface area contributed by atoms with Crippen LogP contribution in [-0.4, -0.2) is 53.0 Å². The topological polar surface area (TPSA) is 94.3 Å². The Morgan fingerprint density at radius 3 is 2.88 bits per heavy atom. The van der Waals surface area contributed by atoms with Gasteiger partial charge in [0.15, 0.2) is 0 Å². The largest absolute Gasteiger partial charge is 0.372 e. The predicted molar refractivity (Wildman–Crippen MR) is 132 cm³/mol. The molecule has 10 heteroatoms. The number of nitrogens with zero attached hydrogens (tertiary/aromatic N) is 2. The fourth-order valence-electron chi connectivity index (χ4n) is 4.88. The highest BCUT2D eigenvalue weighted by molar-refractivity contribution is 7.23. The summed E-state index contributed by atoms with van der Waals surface area (Å²) in [4.78, 5) is 15.1. The number of hydrogen-bond donors (Lipinski definition) is 4. The van der Waals surface area contributed by atoms with Crippen molar-refractivity contribution in [1.82, 2.24) is 20.4 Å². The maximum Gasteiger partial charge on any atom is 0.254 e. The molecule has 176 valence electrons. The van der Waals surface area contributed by atoms with E-state index in [1.165, 1.54) is 6.07 Å². The molecule has 4 heterocycles. The Bertz CT molecular complexity index is 1390. The summed E-state index contributed by atoms with van der Waals surface area (Å²) in [5.41, 5.74) is 2.75. The molecule has 2 aliphatic heterocycles. The van der Waals surface area contributed by atoms with E-state index in [4.69, 9.17) is 4.74 Å². The average molecular weight is 481 g/mol. The van der Waals surface area contributed by atoms with Gasteiger partial charge in [-0.05, 0) is 32.0 Å². The Morgan fingerprint density at radius 2 is 2.06 bits per heavy atom. The number of aromatic nitrogens is 2. The van der Waals surface area contributed by atoms with Crippen LogP contribution in [0.3, 0.4) is 0 Å². The monoisotopic (exact) mass is 480 g/mol. The van der Waals surface area contributed by atoms with Gasteiger partial charge in [0.1, 0.15) is 12.0 Å². The molecule has 0 saturated carbocycles. The third kappa shape index (κ3) is 3.67. The molecular weight excluding hydrogens is 455 g/mol. The van der Waals surface area contributed by atoms with Gasteiger partial charge in [-0.1, -0.05) is 6.07 Å². The van der Waals surface area contributed by atoms with E-state index in [1.54, 1.807) is 23.6 Å². The smallest absolute Gasteiger partial charge is 0.254 e. The molecular formula is C24H25FN6O2S. The fourth-order valence-corrected chi connectivity index (χ4v) is 6.06. The summed E-state index contributed by atoms with van der Waals surface area (Å²) < 4.78 is 21.5. The number of amides is 1. The lowest BCUT2D eigenvalue weighted by Gasteiger charge is -2.35. The van der Waals surface area contributed by atoms with Crippen LogP contribution in [0.5, 0.6) is 0 Å². The van der Waals surface area contributed by atoms with Crippen molar-refractivity contribution in [1.29, 1.82) is 0 Å². The number of carbonyl (C=O) groups excluding carboxylic acids is 1. The second kappa shape index (κ2) is 8.23. The highest BCUT2D eigenvalue weighted by Gasteiger charge is 2.29. The van der Waals surface area contributed by atoms with Crippen molar-refractivity contribution < 1.29 is 13.9 Å². The average Bonchev–Trinajstić information content (AvgIpc) is 3.41. The number of benzene rings is 2. The SMILES string of the molecule is C[C@@H]1CN(C(=O)c2ccc3c4c(sc3c2)NCNC4Nc2cc3cn[nH]c3cc2F)C[C@H](C)O1. The van der Waals surface area contributed by atoms with E-state index in [9.17, 15) is 9.18 Å². The number of fused-ring (bicyclic) bond motifs is 4. The van der Waals surface area contributed by atoms with Crippen LogP contribution in [0, 0.1) is 5.82 Å². The number of morpholine rings is 1. The molecule has 3 atom stereocenters. The van der Waals surface area contributed by atoms with Crippen molar-refractivity contribution in [3.63, 3.8) is 0 Å². The van der Waals surface area contributed by atoms with Crippen molar-refractivity contribution in [2.24, 2.45) is 0 Å². The van der Waals surface area contributed by atoms with Crippen LogP contribution in [0.2, 0.25) is 0 Å². The lowest BCUT2D eigenvalue weighted by Crippen LogP contribution is -2.48. The Kier molecular flexibility index (Phi) is 5.16. The summed E-state index contributed by atoms with van der Waals surface area (Å²) in [6.07, 6.45) is 1.44. The van der Waals surface area contributed by atoms with Crippen LogP contribution >= 0.6 is 11.3 Å². The van der Waals surface area contributed by atoms with Crippen molar-refractivity contribution in [2.45, 2.75) is 32.2 Å². The number of halogens is 1. The lowest BCUT2D eigenvalue weighted by molar-refractivity contribution is -0.0586. The molecule has 0 bridgehead atoms. The summed E-state index contributed by atoms with van der Waals surface area (Å²) in [5.74, 6) is -0.327. The first-order chi connectivity index (χ1) is 16.5. The summed E-state index contributed by atoms with van der Waals surface area (Å²) in [6, 6.07) is 9.04. The van der Waals surface area contributed by atoms with Crippen LogP contribution < -0.4 is 16.0 Å². The van der Waals surface area contributed by atoms with Gasteiger partial charge in [0.2, 0.25) is 0 Å². The molecule has 2 aliphatic rings. The molecule has 2 aromatic heterocycles. The molecule has 1 saturated heterocycles. The Balaban J connectivity index is 1.32. The molecule has 0 radical (unpaired) electrons. The van der Waals surface area contributed by atoms with Gasteiger partial charge in [0, 0.05) is 45.8 Å². The second-order valence-corrected chi connectivity index (χ2v) is 10.00. The zero-order chi connectivity index (χ0) is 23.4. The highest BCUT2D eigenvalue weighted by Crippen LogP contribution is 2.42. The molecule has 1 fully saturated rings. The number of rotatable bonds is 3. The summed E-state index contributed by atoms with van der Waals surface area (Å²) in [6.45, 7) is 5.71. The molecule has 4 aromatic rings. The molecule has 0 spiro atoms. The van der Waals surface area contributed by atoms with Gasteiger partial charge in [0.25, 0.3) is 5.91 Å². The normalized spacial score (nSPS) is 22.6. The van der Waals surface area contributed by atoms with Gasteiger partial charge in [-0.15, -0.1) is 11.3 Å². The van der Waals surface area contributed by atoms with Crippen molar-refractivity contribution in [2.75, 3.05) is 30.4 Å². The van der Waals surface area contributed by atoms with Gasteiger partial charge in [-0.25, -0.2) is 4.39 Å². The molecule has 2 aromatic carbocycles. The number of anilines is 2. The number of aromatic amines is 1. The lowest BCUT2D eigenvalue weighted by atomic mass is 10.0. The molecule has 1 unspecified atom stereocenters. The van der Waals surface area contributed by atoms with Crippen LogP contribution in [0.4, 0.5) is 15.1 Å². The van der Waals surface area contributed by atoms with Gasteiger partial charge < -0.3 is 20.3 Å². The van der Waals surface area contributed by atoms with Crippen LogP contribution in [0.25, 0.3) is 21.0 Å². The van der Waals surface area contributed by atoms with Crippen molar-refractivity contribution >= 4 is 48.9 Å². The molecule has 4 N–H and O–H groups in total. The van der Waals surface area contributed by atoms with Gasteiger partial charge in [-0.3, -0.25) is 15.2 Å². The number of carbonyl (C=O) groups is 1. The van der Waals surface area contributed by atoms with E-state index in [2.05, 4.69) is 26.1 Å². The maximum absolute atomic E-state index is 14.7. The minimum absolute atomic E-state index is 0.0199. The van der Waals surface area contributed by atoms with Gasteiger partial charge in [0.05, 0.1) is 41.3 Å². The summed E-state index contributed by atoms with van der Waals surface area (Å²) in [5, 5.41) is 19.7. The first-order valence-corrected chi connectivity index (χ1v) is 12.2. The highest BCUT2D eigenvalue weighted by atomic mass is 32.1. The minimum Gasteiger partial charge on any atom is -0.372 e. The molecule has 6 rings (SSSR count). The zero-order valence-corrected chi connectivity index (χ0v) is 19.6. The Labute approximate surface area is 199 Å². The van der Waals surface area contributed by atoms with Gasteiger partial charge >= 0.3 is 0 Å². The number of nitrogens with one attached hydrogen (secondary N) is 4. The predicted octanol–water partition coefficient (Wildman–Crippen LogP) is 4.25. The van der Waals surface area contributed by atoms with Crippen molar-refractivity contribution in [3.05, 3.63) is 53.5 Å². The van der Waals surface area contributed by atoms with Gasteiger partial charge in [-0.2, -0.15) is 5.10 Å². The number of H-pyrrole nitrogens is 1. The Hall–Kier alpha value is -3.21. The van der Waals surface area contributed by atoms with Crippen molar-refractivity contribution in [3.8, 4) is 0 Å². The van der Waals surface area contributed by atoms with Crippen LogP contribution in [0.15, 0.2) is 36.5 Å². The molecule has 1 amide bonds. The number of hydrogen-bond acceptors (Lipinski definition) is 7. The molecule has 0 aliphatic carbocycles. The second-order valence-electron chi connectivity index (χ2n) is 8.95. The number of ether oxygens (including phenoxy) is 1. The van der Waals surface area contributed by atoms with E-state index in [-0.39, 0.29) is 30.1 Å². The van der Waals surface area contributed by atoms with E-state index in [1.807, 2.05) is 36.9 Å². The molecule has 8 nitrogen and oxygen atoms in total.